The van der Waals surface area contributed by atoms with Crippen LogP contribution in [0.15, 0.2) is 12.1 Å². The van der Waals surface area contributed by atoms with Gasteiger partial charge in [0.2, 0.25) is 11.8 Å². The molecule has 2 heterocycles. The van der Waals surface area contributed by atoms with Crippen molar-refractivity contribution >= 4 is 0 Å². The van der Waals surface area contributed by atoms with Gasteiger partial charge in [-0.25, -0.2) is 0 Å². The molecule has 1 aromatic rings. The molecule has 0 aromatic carbocycles. The molecular formula is C13H20N2O2. The second-order valence-electron chi connectivity index (χ2n) is 4.71. The van der Waals surface area contributed by atoms with Gasteiger partial charge in [0.1, 0.15) is 6.61 Å². The number of nitrogens with one attached hydrogen (secondary N) is 1. The van der Waals surface area contributed by atoms with Gasteiger partial charge in [-0.15, -0.1) is 0 Å². The van der Waals surface area contributed by atoms with E-state index in [0.717, 1.165) is 18.7 Å². The molecule has 1 N–H and O–H groups in total. The first-order valence-corrected chi connectivity index (χ1v) is 6.17. The number of rotatable bonds is 3. The number of pyridine rings is 1. The Balaban J connectivity index is 2.12. The lowest BCUT2D eigenvalue weighted by atomic mass is 10.1. The van der Waals surface area contributed by atoms with Crippen molar-refractivity contribution in [1.29, 1.82) is 0 Å². The van der Waals surface area contributed by atoms with E-state index in [0.29, 0.717) is 24.3 Å². The predicted octanol–water partition coefficient (Wildman–Crippen LogP) is 1.99. The first-order chi connectivity index (χ1) is 8.16. The molecule has 0 saturated heterocycles. The van der Waals surface area contributed by atoms with Crippen LogP contribution in [0.25, 0.3) is 0 Å². The van der Waals surface area contributed by atoms with E-state index >= 15 is 0 Å². The van der Waals surface area contributed by atoms with Gasteiger partial charge in [0.05, 0.1) is 6.10 Å². The van der Waals surface area contributed by atoms with Crippen LogP contribution < -0.4 is 14.8 Å². The number of fused-ring (bicyclic) bond motifs is 1. The zero-order valence-electron chi connectivity index (χ0n) is 10.7. The Kier molecular flexibility index (Phi) is 3.84. The third-order valence-electron chi connectivity index (χ3n) is 2.99. The molecule has 1 atom stereocenters. The number of hydrogen-bond acceptors (Lipinski definition) is 4. The Labute approximate surface area is 102 Å². The van der Waals surface area contributed by atoms with E-state index in [-0.39, 0.29) is 6.10 Å². The lowest BCUT2D eigenvalue weighted by molar-refractivity contribution is 0.161. The molecule has 1 aliphatic rings. The minimum absolute atomic E-state index is 0.157. The van der Waals surface area contributed by atoms with E-state index in [4.69, 9.17) is 9.47 Å². The lowest BCUT2D eigenvalue weighted by Crippen LogP contribution is -2.19. The molecule has 4 nitrogen and oxygen atoms in total. The molecule has 17 heavy (non-hydrogen) atoms. The Morgan fingerprint density at radius 2 is 2.18 bits per heavy atom. The fourth-order valence-corrected chi connectivity index (χ4v) is 1.55. The standard InChI is InChI=1S/C13H20N2O2/c1-9(2)10(3)17-12-5-4-11-8-14-6-7-16-13(11)15-12/h4-5,9-10,14H,6-8H2,1-3H3/t10-/m0/s1. The highest BCUT2D eigenvalue weighted by Crippen LogP contribution is 2.22. The highest BCUT2D eigenvalue weighted by Gasteiger charge is 2.14. The molecule has 94 valence electrons. The highest BCUT2D eigenvalue weighted by atomic mass is 16.5. The Morgan fingerprint density at radius 3 is 2.94 bits per heavy atom. The summed E-state index contributed by atoms with van der Waals surface area (Å²) in [6.45, 7) is 8.64. The van der Waals surface area contributed by atoms with Gasteiger partial charge < -0.3 is 14.8 Å². The molecule has 0 bridgehead atoms. The van der Waals surface area contributed by atoms with Crippen LogP contribution in [0.1, 0.15) is 26.3 Å². The average Bonchev–Trinajstić information content (AvgIpc) is 2.53. The molecule has 0 radical (unpaired) electrons. The monoisotopic (exact) mass is 236 g/mol. The molecule has 0 fully saturated rings. The fraction of sp³-hybridized carbons (Fsp3) is 0.615. The normalized spacial score (nSPS) is 16.9. The van der Waals surface area contributed by atoms with Crippen molar-refractivity contribution in [2.24, 2.45) is 5.92 Å². The maximum atomic E-state index is 5.77. The Morgan fingerprint density at radius 1 is 1.35 bits per heavy atom. The van der Waals surface area contributed by atoms with E-state index in [1.807, 2.05) is 12.1 Å². The second-order valence-corrected chi connectivity index (χ2v) is 4.71. The van der Waals surface area contributed by atoms with Gasteiger partial charge in [0.15, 0.2) is 0 Å². The smallest absolute Gasteiger partial charge is 0.221 e. The predicted molar refractivity (Wildman–Crippen MR) is 66.4 cm³/mol. The zero-order valence-corrected chi connectivity index (χ0v) is 10.7. The van der Waals surface area contributed by atoms with Crippen LogP contribution in [-0.4, -0.2) is 24.2 Å². The van der Waals surface area contributed by atoms with Crippen LogP contribution in [0.2, 0.25) is 0 Å². The summed E-state index contributed by atoms with van der Waals surface area (Å²) >= 11 is 0. The van der Waals surface area contributed by atoms with Crippen molar-refractivity contribution in [3.8, 4) is 11.8 Å². The maximum absolute atomic E-state index is 5.77. The maximum Gasteiger partial charge on any atom is 0.221 e. The van der Waals surface area contributed by atoms with Gasteiger partial charge in [0.25, 0.3) is 0 Å². The van der Waals surface area contributed by atoms with Crippen molar-refractivity contribution in [3.63, 3.8) is 0 Å². The van der Waals surface area contributed by atoms with Crippen molar-refractivity contribution < 1.29 is 9.47 Å². The van der Waals surface area contributed by atoms with E-state index in [2.05, 4.69) is 31.1 Å². The molecule has 4 heteroatoms. The molecule has 0 saturated carbocycles. The summed E-state index contributed by atoms with van der Waals surface area (Å²) in [7, 11) is 0. The van der Waals surface area contributed by atoms with Crippen LogP contribution >= 0.6 is 0 Å². The van der Waals surface area contributed by atoms with Crippen molar-refractivity contribution in [2.75, 3.05) is 13.2 Å². The molecule has 0 aliphatic carbocycles. The van der Waals surface area contributed by atoms with E-state index in [1.54, 1.807) is 0 Å². The SMILES string of the molecule is CC(C)[C@H](C)Oc1ccc2c(n1)OCCNC2. The van der Waals surface area contributed by atoms with Crippen LogP contribution in [0.3, 0.4) is 0 Å². The lowest BCUT2D eigenvalue weighted by Gasteiger charge is -2.18. The summed E-state index contributed by atoms with van der Waals surface area (Å²) in [5.74, 6) is 1.81. The first-order valence-electron chi connectivity index (χ1n) is 6.17. The van der Waals surface area contributed by atoms with Gasteiger partial charge in [-0.05, 0) is 18.9 Å². The largest absolute Gasteiger partial charge is 0.476 e. The minimum Gasteiger partial charge on any atom is -0.476 e. The summed E-state index contributed by atoms with van der Waals surface area (Å²) in [5, 5.41) is 3.28. The Hall–Kier alpha value is -1.29. The average molecular weight is 236 g/mol. The summed E-state index contributed by atoms with van der Waals surface area (Å²) in [5.41, 5.74) is 1.09. The number of aromatic nitrogens is 1. The van der Waals surface area contributed by atoms with Crippen LogP contribution in [0.5, 0.6) is 11.8 Å². The summed E-state index contributed by atoms with van der Waals surface area (Å²) in [4.78, 5) is 4.41. The third-order valence-corrected chi connectivity index (χ3v) is 2.99. The van der Waals surface area contributed by atoms with Gasteiger partial charge >= 0.3 is 0 Å². The fourth-order valence-electron chi connectivity index (χ4n) is 1.55. The molecule has 0 spiro atoms. The molecule has 2 rings (SSSR count). The molecule has 0 amide bonds. The third kappa shape index (κ3) is 3.09. The summed E-state index contributed by atoms with van der Waals surface area (Å²) in [6, 6.07) is 3.93. The topological polar surface area (TPSA) is 43.4 Å². The van der Waals surface area contributed by atoms with E-state index < -0.39 is 0 Å². The van der Waals surface area contributed by atoms with Gasteiger partial charge in [0, 0.05) is 24.7 Å². The van der Waals surface area contributed by atoms with E-state index in [9.17, 15) is 0 Å². The number of hydrogen-bond donors (Lipinski definition) is 1. The van der Waals surface area contributed by atoms with Crippen LogP contribution in [-0.2, 0) is 6.54 Å². The molecule has 1 aliphatic heterocycles. The number of nitrogens with zero attached hydrogens (tertiary/aromatic N) is 1. The van der Waals surface area contributed by atoms with Crippen LogP contribution in [0, 0.1) is 5.92 Å². The number of ether oxygens (including phenoxy) is 2. The first kappa shape index (κ1) is 12.2. The van der Waals surface area contributed by atoms with Crippen LogP contribution in [0.4, 0.5) is 0 Å². The highest BCUT2D eigenvalue weighted by molar-refractivity contribution is 5.31. The summed E-state index contributed by atoms with van der Waals surface area (Å²) < 4.78 is 11.3. The van der Waals surface area contributed by atoms with Crippen molar-refractivity contribution in [3.05, 3.63) is 17.7 Å². The molecule has 0 unspecified atom stereocenters. The van der Waals surface area contributed by atoms with Crippen molar-refractivity contribution in [2.45, 2.75) is 33.4 Å². The minimum atomic E-state index is 0.157. The van der Waals surface area contributed by atoms with Gasteiger partial charge in [-0.2, -0.15) is 4.98 Å². The zero-order chi connectivity index (χ0) is 12.3. The molecular weight excluding hydrogens is 216 g/mol. The van der Waals surface area contributed by atoms with E-state index in [1.165, 1.54) is 0 Å². The van der Waals surface area contributed by atoms with Gasteiger partial charge in [-0.3, -0.25) is 0 Å². The second kappa shape index (κ2) is 5.36. The summed E-state index contributed by atoms with van der Waals surface area (Å²) in [6.07, 6.45) is 0.157. The quantitative estimate of drug-likeness (QED) is 0.871. The van der Waals surface area contributed by atoms with Gasteiger partial charge in [-0.1, -0.05) is 13.8 Å². The molecule has 1 aromatic heterocycles. The van der Waals surface area contributed by atoms with Crippen molar-refractivity contribution in [1.82, 2.24) is 10.3 Å². The Bertz CT molecular complexity index is 380.